The molecule has 1 aromatic carbocycles. The Morgan fingerprint density at radius 3 is 2.08 bits per heavy atom. The first-order valence-corrected chi connectivity index (χ1v) is 10.2. The lowest BCUT2D eigenvalue weighted by molar-refractivity contribution is -0.202. The molecule has 1 aliphatic heterocycles. The molecule has 0 saturated heterocycles. The van der Waals surface area contributed by atoms with Gasteiger partial charge in [0.05, 0.1) is 0 Å². The van der Waals surface area contributed by atoms with Crippen LogP contribution >= 0.6 is 11.6 Å². The van der Waals surface area contributed by atoms with Gasteiger partial charge in [-0.1, -0.05) is 50.1 Å². The van der Waals surface area contributed by atoms with Gasteiger partial charge in [0.25, 0.3) is 0 Å². The molecule has 3 heteroatoms. The van der Waals surface area contributed by atoms with Crippen molar-refractivity contribution in [3.63, 3.8) is 0 Å². The topological polar surface area (TPSA) is 18.5 Å². The Morgan fingerprint density at radius 2 is 1.50 bits per heavy atom. The Bertz CT molecular complexity index is 568. The summed E-state index contributed by atoms with van der Waals surface area (Å²) in [6.07, 6.45) is 13.2. The molecule has 0 aromatic heterocycles. The van der Waals surface area contributed by atoms with Gasteiger partial charge in [-0.05, 0) is 62.1 Å². The summed E-state index contributed by atoms with van der Waals surface area (Å²) in [5, 5.41) is 0.846. The summed E-state index contributed by atoms with van der Waals surface area (Å²) in [4.78, 5) is 0. The van der Waals surface area contributed by atoms with E-state index >= 15 is 0 Å². The third-order valence-electron chi connectivity index (χ3n) is 6.62. The second-order valence-corrected chi connectivity index (χ2v) is 8.37. The maximum Gasteiger partial charge on any atom is 0.190 e. The number of halogens is 1. The van der Waals surface area contributed by atoms with Crippen LogP contribution in [0.25, 0.3) is 0 Å². The third kappa shape index (κ3) is 2.76. The van der Waals surface area contributed by atoms with E-state index in [2.05, 4.69) is 19.1 Å². The average Bonchev–Trinajstić information content (AvgIpc) is 2.64. The molecule has 0 unspecified atom stereocenters. The van der Waals surface area contributed by atoms with Gasteiger partial charge in [0.15, 0.2) is 6.79 Å². The number of aryl methyl sites for hydroxylation is 1. The fraction of sp³-hybridized carbons (Fsp3) is 0.714. The first-order chi connectivity index (χ1) is 11.7. The van der Waals surface area contributed by atoms with Crippen LogP contribution in [0, 0.1) is 18.8 Å². The lowest BCUT2D eigenvalue weighted by Gasteiger charge is -2.51. The SMILES string of the molecule is Cc1cc2c(cc1Cl)C(C1CCCCC1)(C1CCCCC1)OCO2. The van der Waals surface area contributed by atoms with E-state index in [9.17, 15) is 0 Å². The normalized spacial score (nSPS) is 25.1. The standard InChI is InChI=1S/C21H29ClO2/c1-15-12-20-18(13-19(15)22)21(24-14-23-20,16-8-4-2-5-9-16)17-10-6-3-7-11-17/h12-13,16-17H,2-11,14H2,1H3. The minimum absolute atomic E-state index is 0.175. The molecule has 2 fully saturated rings. The summed E-state index contributed by atoms with van der Waals surface area (Å²) in [6.45, 7) is 2.45. The van der Waals surface area contributed by atoms with E-state index in [1.807, 2.05) is 0 Å². The average molecular weight is 349 g/mol. The Morgan fingerprint density at radius 1 is 0.917 bits per heavy atom. The van der Waals surface area contributed by atoms with Crippen molar-refractivity contribution in [2.45, 2.75) is 76.7 Å². The van der Waals surface area contributed by atoms with E-state index in [-0.39, 0.29) is 5.60 Å². The molecule has 2 aliphatic carbocycles. The van der Waals surface area contributed by atoms with E-state index < -0.39 is 0 Å². The molecular weight excluding hydrogens is 320 g/mol. The maximum atomic E-state index is 6.59. The number of hydrogen-bond donors (Lipinski definition) is 0. The van der Waals surface area contributed by atoms with Crippen LogP contribution in [0.4, 0.5) is 0 Å². The van der Waals surface area contributed by atoms with Crippen LogP contribution in [-0.2, 0) is 10.3 Å². The van der Waals surface area contributed by atoms with Gasteiger partial charge < -0.3 is 9.47 Å². The Kier molecular flexibility index (Phi) is 4.79. The molecule has 1 heterocycles. The molecule has 0 N–H and O–H groups in total. The minimum Gasteiger partial charge on any atom is -0.467 e. The molecule has 1 aromatic rings. The fourth-order valence-electron chi connectivity index (χ4n) is 5.42. The van der Waals surface area contributed by atoms with Crippen LogP contribution < -0.4 is 4.74 Å². The monoisotopic (exact) mass is 348 g/mol. The first-order valence-electron chi connectivity index (χ1n) is 9.79. The molecule has 2 nitrogen and oxygen atoms in total. The van der Waals surface area contributed by atoms with Crippen LogP contribution in [0.1, 0.15) is 75.3 Å². The summed E-state index contributed by atoms with van der Waals surface area (Å²) in [6, 6.07) is 4.29. The zero-order valence-corrected chi connectivity index (χ0v) is 15.5. The number of rotatable bonds is 2. The molecule has 24 heavy (non-hydrogen) atoms. The van der Waals surface area contributed by atoms with E-state index in [1.165, 1.54) is 69.8 Å². The van der Waals surface area contributed by atoms with Crippen LogP contribution in [0.3, 0.4) is 0 Å². The maximum absolute atomic E-state index is 6.59. The minimum atomic E-state index is -0.175. The zero-order valence-electron chi connectivity index (χ0n) is 14.8. The number of benzene rings is 1. The highest BCUT2D eigenvalue weighted by atomic mass is 35.5. The van der Waals surface area contributed by atoms with E-state index in [1.54, 1.807) is 0 Å². The lowest BCUT2D eigenvalue weighted by atomic mass is 9.63. The highest BCUT2D eigenvalue weighted by Gasteiger charge is 2.51. The van der Waals surface area contributed by atoms with Gasteiger partial charge in [-0.15, -0.1) is 0 Å². The Balaban J connectivity index is 1.83. The van der Waals surface area contributed by atoms with Crippen LogP contribution in [0.2, 0.25) is 5.02 Å². The first kappa shape index (κ1) is 16.7. The van der Waals surface area contributed by atoms with Crippen molar-refractivity contribution < 1.29 is 9.47 Å². The van der Waals surface area contributed by atoms with Gasteiger partial charge in [-0.2, -0.15) is 0 Å². The van der Waals surface area contributed by atoms with Crippen molar-refractivity contribution >= 4 is 11.6 Å². The van der Waals surface area contributed by atoms with Crippen LogP contribution in [0.5, 0.6) is 5.75 Å². The summed E-state index contributed by atoms with van der Waals surface area (Å²) < 4.78 is 12.5. The lowest BCUT2D eigenvalue weighted by Crippen LogP contribution is -2.49. The van der Waals surface area contributed by atoms with Gasteiger partial charge in [-0.3, -0.25) is 0 Å². The van der Waals surface area contributed by atoms with Gasteiger partial charge >= 0.3 is 0 Å². The molecule has 0 radical (unpaired) electrons. The molecule has 4 rings (SSSR count). The predicted octanol–water partition coefficient (Wildman–Crippen LogP) is 6.37. The quantitative estimate of drug-likeness (QED) is 0.618. The smallest absolute Gasteiger partial charge is 0.190 e. The summed E-state index contributed by atoms with van der Waals surface area (Å²) >= 11 is 6.54. The Hall–Kier alpha value is -0.730. The third-order valence-corrected chi connectivity index (χ3v) is 7.02. The van der Waals surface area contributed by atoms with Crippen molar-refractivity contribution in [3.05, 3.63) is 28.3 Å². The van der Waals surface area contributed by atoms with Gasteiger partial charge in [0, 0.05) is 10.6 Å². The predicted molar refractivity (Wildman–Crippen MR) is 97.6 cm³/mol. The largest absolute Gasteiger partial charge is 0.467 e. The molecule has 2 saturated carbocycles. The van der Waals surface area contributed by atoms with Crippen LogP contribution in [0.15, 0.2) is 12.1 Å². The molecule has 132 valence electrons. The zero-order chi connectivity index (χ0) is 16.6. The van der Waals surface area contributed by atoms with Crippen molar-refractivity contribution in [2.75, 3.05) is 6.79 Å². The van der Waals surface area contributed by atoms with E-state index in [0.717, 1.165) is 16.3 Å². The second-order valence-electron chi connectivity index (χ2n) is 7.97. The van der Waals surface area contributed by atoms with Crippen molar-refractivity contribution in [3.8, 4) is 5.75 Å². The molecular formula is C21H29ClO2. The molecule has 0 atom stereocenters. The fourth-order valence-corrected chi connectivity index (χ4v) is 5.58. The van der Waals surface area contributed by atoms with E-state index in [0.29, 0.717) is 18.6 Å². The van der Waals surface area contributed by atoms with Crippen molar-refractivity contribution in [2.24, 2.45) is 11.8 Å². The highest BCUT2D eigenvalue weighted by Crippen LogP contribution is 2.55. The summed E-state index contributed by atoms with van der Waals surface area (Å²) in [7, 11) is 0. The van der Waals surface area contributed by atoms with Crippen molar-refractivity contribution in [1.82, 2.24) is 0 Å². The number of fused-ring (bicyclic) bond motifs is 1. The highest BCUT2D eigenvalue weighted by molar-refractivity contribution is 6.31. The number of ether oxygens (including phenoxy) is 2. The molecule has 3 aliphatic rings. The van der Waals surface area contributed by atoms with Crippen LogP contribution in [-0.4, -0.2) is 6.79 Å². The summed E-state index contributed by atoms with van der Waals surface area (Å²) in [5.74, 6) is 2.23. The second kappa shape index (κ2) is 6.88. The van der Waals surface area contributed by atoms with Crippen molar-refractivity contribution in [1.29, 1.82) is 0 Å². The number of hydrogen-bond acceptors (Lipinski definition) is 2. The molecule has 0 amide bonds. The van der Waals surface area contributed by atoms with Gasteiger partial charge in [-0.25, -0.2) is 0 Å². The molecule has 0 bridgehead atoms. The van der Waals surface area contributed by atoms with E-state index in [4.69, 9.17) is 21.1 Å². The molecule has 0 spiro atoms. The van der Waals surface area contributed by atoms with Gasteiger partial charge in [0.1, 0.15) is 11.4 Å². The van der Waals surface area contributed by atoms with Gasteiger partial charge in [0.2, 0.25) is 0 Å². The summed E-state index contributed by atoms with van der Waals surface area (Å²) in [5.41, 5.74) is 2.16. The Labute approximate surface area is 150 Å².